The lowest BCUT2D eigenvalue weighted by atomic mass is 9.94. The fourth-order valence-corrected chi connectivity index (χ4v) is 1.97. The Morgan fingerprint density at radius 3 is 2.63 bits per heavy atom. The number of hydrogen-bond acceptors (Lipinski definition) is 4. The van der Waals surface area contributed by atoms with Crippen molar-refractivity contribution in [2.45, 2.75) is 51.6 Å². The summed E-state index contributed by atoms with van der Waals surface area (Å²) in [5.41, 5.74) is 4.91. The Balaban J connectivity index is 4.15. The van der Waals surface area contributed by atoms with Gasteiger partial charge >= 0.3 is 0 Å². The first kappa shape index (κ1) is 18.4. The summed E-state index contributed by atoms with van der Waals surface area (Å²) in [6, 6.07) is 0.383. The SMILES string of the molecule is CCCNC(C)(CCCN(C)C(C)COC)C(N)=O. The van der Waals surface area contributed by atoms with E-state index in [1.165, 1.54) is 0 Å². The van der Waals surface area contributed by atoms with E-state index >= 15 is 0 Å². The summed E-state index contributed by atoms with van der Waals surface area (Å²) < 4.78 is 5.14. The molecule has 1 amide bonds. The molecule has 0 radical (unpaired) electrons. The average molecular weight is 273 g/mol. The van der Waals surface area contributed by atoms with Crippen molar-refractivity contribution in [2.75, 3.05) is 33.9 Å². The molecule has 0 aromatic rings. The van der Waals surface area contributed by atoms with Crippen LogP contribution in [0.1, 0.15) is 40.0 Å². The molecule has 2 atom stereocenters. The minimum absolute atomic E-state index is 0.270. The Bertz CT molecular complexity index is 261. The summed E-state index contributed by atoms with van der Waals surface area (Å²) >= 11 is 0. The summed E-state index contributed by atoms with van der Waals surface area (Å²) in [5, 5.41) is 3.26. The number of nitrogens with one attached hydrogen (secondary N) is 1. The van der Waals surface area contributed by atoms with E-state index in [2.05, 4.69) is 31.1 Å². The van der Waals surface area contributed by atoms with Gasteiger partial charge in [-0.05, 0) is 53.2 Å². The zero-order chi connectivity index (χ0) is 14.9. The third-order valence-electron chi connectivity index (χ3n) is 3.66. The quantitative estimate of drug-likeness (QED) is 0.589. The molecule has 0 rings (SSSR count). The van der Waals surface area contributed by atoms with Crippen LogP contribution >= 0.6 is 0 Å². The van der Waals surface area contributed by atoms with Gasteiger partial charge in [0.05, 0.1) is 12.1 Å². The standard InChI is InChI=1S/C14H31N3O2/c1-6-9-16-14(3,13(15)18)8-7-10-17(4)12(2)11-19-5/h12,16H,6-11H2,1-5H3,(H2,15,18). The van der Waals surface area contributed by atoms with E-state index in [-0.39, 0.29) is 5.91 Å². The minimum Gasteiger partial charge on any atom is -0.383 e. The number of nitrogens with two attached hydrogens (primary N) is 1. The van der Waals surface area contributed by atoms with E-state index < -0.39 is 5.54 Å². The van der Waals surface area contributed by atoms with Crippen LogP contribution in [-0.2, 0) is 9.53 Å². The van der Waals surface area contributed by atoms with E-state index in [0.29, 0.717) is 6.04 Å². The van der Waals surface area contributed by atoms with Crippen LogP contribution in [-0.4, -0.2) is 56.2 Å². The summed E-state index contributed by atoms with van der Waals surface area (Å²) in [5.74, 6) is -0.270. The van der Waals surface area contributed by atoms with Crippen LogP contribution in [0.5, 0.6) is 0 Å². The Hall–Kier alpha value is -0.650. The van der Waals surface area contributed by atoms with Crippen LogP contribution in [0.4, 0.5) is 0 Å². The molecular formula is C14H31N3O2. The molecule has 0 spiro atoms. The summed E-state index contributed by atoms with van der Waals surface area (Å²) in [7, 11) is 3.79. The highest BCUT2D eigenvalue weighted by Gasteiger charge is 2.29. The normalized spacial score (nSPS) is 16.3. The molecule has 0 aromatic carbocycles. The largest absolute Gasteiger partial charge is 0.383 e. The average Bonchev–Trinajstić information content (AvgIpc) is 2.36. The Labute approximate surface area is 117 Å². The maximum Gasteiger partial charge on any atom is 0.237 e. The molecule has 19 heavy (non-hydrogen) atoms. The lowest BCUT2D eigenvalue weighted by molar-refractivity contribution is -0.124. The lowest BCUT2D eigenvalue weighted by Gasteiger charge is -2.29. The molecule has 0 aromatic heterocycles. The van der Waals surface area contributed by atoms with Gasteiger partial charge in [-0.2, -0.15) is 0 Å². The molecule has 2 unspecified atom stereocenters. The molecule has 0 saturated heterocycles. The molecule has 114 valence electrons. The highest BCUT2D eigenvalue weighted by Crippen LogP contribution is 2.13. The van der Waals surface area contributed by atoms with Gasteiger partial charge in [0.25, 0.3) is 0 Å². The molecular weight excluding hydrogens is 242 g/mol. The Kier molecular flexibility index (Phi) is 8.97. The fourth-order valence-electron chi connectivity index (χ4n) is 1.97. The summed E-state index contributed by atoms with van der Waals surface area (Å²) in [6.07, 6.45) is 2.68. The highest BCUT2D eigenvalue weighted by molar-refractivity contribution is 5.84. The van der Waals surface area contributed by atoms with Crippen LogP contribution in [0.3, 0.4) is 0 Å². The number of carbonyl (C=O) groups excluding carboxylic acids is 1. The lowest BCUT2D eigenvalue weighted by Crippen LogP contribution is -2.53. The van der Waals surface area contributed by atoms with Crippen LogP contribution < -0.4 is 11.1 Å². The molecule has 0 saturated carbocycles. The van der Waals surface area contributed by atoms with Crippen LogP contribution in [0.2, 0.25) is 0 Å². The smallest absolute Gasteiger partial charge is 0.237 e. The van der Waals surface area contributed by atoms with Gasteiger partial charge in [0.1, 0.15) is 0 Å². The fraction of sp³-hybridized carbons (Fsp3) is 0.929. The van der Waals surface area contributed by atoms with Crippen molar-refractivity contribution in [1.82, 2.24) is 10.2 Å². The first-order chi connectivity index (χ1) is 8.87. The van der Waals surface area contributed by atoms with E-state index in [4.69, 9.17) is 10.5 Å². The molecule has 0 fully saturated rings. The van der Waals surface area contributed by atoms with Crippen molar-refractivity contribution in [3.63, 3.8) is 0 Å². The molecule has 0 aliphatic rings. The van der Waals surface area contributed by atoms with Crippen molar-refractivity contribution in [1.29, 1.82) is 0 Å². The third kappa shape index (κ3) is 6.89. The second-order valence-electron chi connectivity index (χ2n) is 5.51. The minimum atomic E-state index is -0.596. The van der Waals surface area contributed by atoms with Gasteiger partial charge in [-0.25, -0.2) is 0 Å². The van der Waals surface area contributed by atoms with Gasteiger partial charge < -0.3 is 20.7 Å². The zero-order valence-electron chi connectivity index (χ0n) is 13.2. The predicted octanol–water partition coefficient (Wildman–Crippen LogP) is 0.977. The molecule has 5 heteroatoms. The summed E-state index contributed by atoms with van der Waals surface area (Å²) in [6.45, 7) is 8.57. The van der Waals surface area contributed by atoms with Gasteiger partial charge in [0, 0.05) is 13.2 Å². The third-order valence-corrected chi connectivity index (χ3v) is 3.66. The molecule has 0 bridgehead atoms. The van der Waals surface area contributed by atoms with E-state index in [1.807, 2.05) is 6.92 Å². The van der Waals surface area contributed by atoms with Gasteiger partial charge in [-0.15, -0.1) is 0 Å². The van der Waals surface area contributed by atoms with Crippen LogP contribution in [0.15, 0.2) is 0 Å². The van der Waals surface area contributed by atoms with Crippen molar-refractivity contribution in [3.8, 4) is 0 Å². The van der Waals surface area contributed by atoms with E-state index in [1.54, 1.807) is 7.11 Å². The monoisotopic (exact) mass is 273 g/mol. The molecule has 0 heterocycles. The zero-order valence-corrected chi connectivity index (χ0v) is 13.2. The van der Waals surface area contributed by atoms with Gasteiger partial charge in [0.2, 0.25) is 5.91 Å². The number of amides is 1. The molecule has 5 nitrogen and oxygen atoms in total. The van der Waals surface area contributed by atoms with Crippen molar-refractivity contribution in [3.05, 3.63) is 0 Å². The summed E-state index contributed by atoms with van der Waals surface area (Å²) in [4.78, 5) is 13.8. The topological polar surface area (TPSA) is 67.6 Å². The molecule has 0 aliphatic carbocycles. The van der Waals surface area contributed by atoms with E-state index in [9.17, 15) is 4.79 Å². The van der Waals surface area contributed by atoms with E-state index in [0.717, 1.165) is 39.0 Å². The van der Waals surface area contributed by atoms with Crippen molar-refractivity contribution >= 4 is 5.91 Å². The Morgan fingerprint density at radius 2 is 2.16 bits per heavy atom. The van der Waals surface area contributed by atoms with Crippen LogP contribution in [0, 0.1) is 0 Å². The number of carbonyl (C=O) groups is 1. The maximum absolute atomic E-state index is 11.6. The first-order valence-corrected chi connectivity index (χ1v) is 7.11. The van der Waals surface area contributed by atoms with Crippen molar-refractivity contribution in [2.24, 2.45) is 5.73 Å². The second-order valence-corrected chi connectivity index (χ2v) is 5.51. The molecule has 0 aliphatic heterocycles. The highest BCUT2D eigenvalue weighted by atomic mass is 16.5. The number of ether oxygens (including phenoxy) is 1. The second kappa shape index (κ2) is 9.28. The maximum atomic E-state index is 11.6. The van der Waals surface area contributed by atoms with Gasteiger partial charge in [0.15, 0.2) is 0 Å². The molecule has 3 N–H and O–H groups in total. The van der Waals surface area contributed by atoms with Crippen molar-refractivity contribution < 1.29 is 9.53 Å². The Morgan fingerprint density at radius 1 is 1.53 bits per heavy atom. The number of primary amides is 1. The van der Waals surface area contributed by atoms with Gasteiger partial charge in [-0.1, -0.05) is 6.92 Å². The predicted molar refractivity (Wildman–Crippen MR) is 79.1 cm³/mol. The number of nitrogens with zero attached hydrogens (tertiary/aromatic N) is 1. The van der Waals surface area contributed by atoms with Gasteiger partial charge in [-0.3, -0.25) is 4.79 Å². The number of rotatable bonds is 11. The first-order valence-electron chi connectivity index (χ1n) is 7.11. The van der Waals surface area contributed by atoms with Crippen LogP contribution in [0.25, 0.3) is 0 Å². The number of likely N-dealkylation sites (N-methyl/N-ethyl adjacent to an activating group) is 1. The number of hydrogen-bond donors (Lipinski definition) is 2. The number of methoxy groups -OCH3 is 1.